The molecule has 240 valence electrons. The van der Waals surface area contributed by atoms with E-state index in [1.54, 1.807) is 0 Å². The van der Waals surface area contributed by atoms with E-state index in [-0.39, 0.29) is 5.41 Å². The third-order valence-corrected chi connectivity index (χ3v) is 11.3. The Balaban J connectivity index is 1.09. The van der Waals surface area contributed by atoms with Gasteiger partial charge < -0.3 is 0 Å². The summed E-state index contributed by atoms with van der Waals surface area (Å²) in [5.41, 5.74) is 15.5. The largest absolute Gasteiger partial charge is 0.0622 e. The Bertz CT molecular complexity index is 2740. The van der Waals surface area contributed by atoms with E-state index < -0.39 is 0 Å². The quantitative estimate of drug-likeness (QED) is 0.167. The third kappa shape index (κ3) is 4.60. The number of rotatable bonds is 4. The highest BCUT2D eigenvalue weighted by Crippen LogP contribution is 2.52. The highest BCUT2D eigenvalue weighted by Gasteiger charge is 2.36. The zero-order valence-electron chi connectivity index (χ0n) is 28.8. The van der Waals surface area contributed by atoms with E-state index in [1.165, 1.54) is 99.1 Å². The van der Waals surface area contributed by atoms with E-state index in [0.717, 1.165) is 0 Å². The Morgan fingerprint density at radius 2 is 0.784 bits per heavy atom. The van der Waals surface area contributed by atoms with Crippen LogP contribution in [0.1, 0.15) is 25.0 Å². The van der Waals surface area contributed by atoms with Crippen LogP contribution in [0.5, 0.6) is 0 Å². The predicted octanol–water partition coefficient (Wildman–Crippen LogP) is 14.1. The van der Waals surface area contributed by atoms with Crippen LogP contribution in [0, 0.1) is 0 Å². The fraction of sp³-hybridized carbons (Fsp3) is 0.0588. The Kier molecular flexibility index (Phi) is 6.63. The van der Waals surface area contributed by atoms with Crippen molar-refractivity contribution < 1.29 is 0 Å². The van der Waals surface area contributed by atoms with Crippen molar-refractivity contribution in [3.63, 3.8) is 0 Å². The summed E-state index contributed by atoms with van der Waals surface area (Å²) in [5.74, 6) is 0. The second-order valence-corrected chi connectivity index (χ2v) is 14.5. The molecule has 9 aromatic rings. The average Bonchev–Trinajstić information content (AvgIpc) is 3.43. The Morgan fingerprint density at radius 3 is 1.47 bits per heavy atom. The van der Waals surface area contributed by atoms with Gasteiger partial charge in [-0.2, -0.15) is 0 Å². The lowest BCUT2D eigenvalue weighted by Crippen LogP contribution is -2.15. The van der Waals surface area contributed by atoms with E-state index in [4.69, 9.17) is 0 Å². The first-order valence-electron chi connectivity index (χ1n) is 17.9. The number of hydrogen-bond donors (Lipinski definition) is 0. The second kappa shape index (κ2) is 11.4. The van der Waals surface area contributed by atoms with E-state index >= 15 is 0 Å². The first-order chi connectivity index (χ1) is 25.1. The normalized spacial score (nSPS) is 13.1. The van der Waals surface area contributed by atoms with Crippen molar-refractivity contribution in [1.82, 2.24) is 0 Å². The van der Waals surface area contributed by atoms with Crippen molar-refractivity contribution in [1.29, 1.82) is 0 Å². The van der Waals surface area contributed by atoms with Crippen LogP contribution in [-0.4, -0.2) is 0 Å². The number of fused-ring (bicyclic) bond motifs is 7. The molecule has 0 saturated heterocycles. The second-order valence-electron chi connectivity index (χ2n) is 14.5. The lowest BCUT2D eigenvalue weighted by Gasteiger charge is -2.22. The molecule has 1 aliphatic carbocycles. The van der Waals surface area contributed by atoms with Crippen molar-refractivity contribution in [2.24, 2.45) is 0 Å². The van der Waals surface area contributed by atoms with Gasteiger partial charge in [0, 0.05) is 5.41 Å². The number of hydrogen-bond acceptors (Lipinski definition) is 0. The SMILES string of the molecule is CC1(C)c2cc(-c3ccc(-c4c5ccccc5c(-c5cccc(-c6ccccc6)c5)c5ccccc45)cc3)ccc2-c2c1ccc1ccccc21. The first kappa shape index (κ1) is 29.7. The molecule has 1 aliphatic rings. The maximum Gasteiger partial charge on any atom is 0.0159 e. The molecule has 0 radical (unpaired) electrons. The zero-order chi connectivity index (χ0) is 34.1. The molecular formula is C51H36. The summed E-state index contributed by atoms with van der Waals surface area (Å²) >= 11 is 0. The minimum absolute atomic E-state index is 0.0646. The molecule has 0 unspecified atom stereocenters. The van der Waals surface area contributed by atoms with Crippen LogP contribution in [0.15, 0.2) is 182 Å². The van der Waals surface area contributed by atoms with E-state index in [1.807, 2.05) is 0 Å². The van der Waals surface area contributed by atoms with Gasteiger partial charge in [-0.3, -0.25) is 0 Å². The minimum atomic E-state index is -0.0646. The van der Waals surface area contributed by atoms with Crippen LogP contribution in [-0.2, 0) is 5.41 Å². The van der Waals surface area contributed by atoms with Crippen LogP contribution >= 0.6 is 0 Å². The molecule has 0 spiro atoms. The molecular weight excluding hydrogens is 613 g/mol. The molecule has 0 aromatic heterocycles. The van der Waals surface area contributed by atoms with Gasteiger partial charge in [0.15, 0.2) is 0 Å². The Morgan fingerprint density at radius 1 is 0.294 bits per heavy atom. The molecule has 0 N–H and O–H groups in total. The van der Waals surface area contributed by atoms with Gasteiger partial charge in [-0.05, 0) is 111 Å². The van der Waals surface area contributed by atoms with Crippen molar-refractivity contribution in [2.45, 2.75) is 19.3 Å². The maximum absolute atomic E-state index is 2.43. The van der Waals surface area contributed by atoms with Gasteiger partial charge in [0.2, 0.25) is 0 Å². The smallest absolute Gasteiger partial charge is 0.0159 e. The van der Waals surface area contributed by atoms with E-state index in [0.29, 0.717) is 0 Å². The number of benzene rings is 9. The molecule has 51 heavy (non-hydrogen) atoms. The molecule has 0 bridgehead atoms. The van der Waals surface area contributed by atoms with Crippen LogP contribution in [0.25, 0.3) is 88.0 Å². The Labute approximate surface area is 299 Å². The summed E-state index contributed by atoms with van der Waals surface area (Å²) in [5, 5.41) is 7.73. The van der Waals surface area contributed by atoms with Gasteiger partial charge in [0.25, 0.3) is 0 Å². The standard InChI is InChI=1S/C51H36/c1-51(2)46-30-28-35-15-6-7-18-40(35)50(46)45-29-27-38(32-47(45)51)34-23-25-36(26-24-34)48-41-19-8-10-21-43(41)49(44-22-11-9-20-42(44)48)39-17-12-16-37(31-39)33-13-4-3-5-14-33/h3-32H,1-2H3. The molecule has 0 amide bonds. The minimum Gasteiger partial charge on any atom is -0.0622 e. The Hall–Kier alpha value is -6.24. The first-order valence-corrected chi connectivity index (χ1v) is 17.9. The van der Waals surface area contributed by atoms with Crippen molar-refractivity contribution in [3.8, 4) is 55.6 Å². The van der Waals surface area contributed by atoms with Gasteiger partial charge in [0.1, 0.15) is 0 Å². The summed E-state index contributed by atoms with van der Waals surface area (Å²) in [6.07, 6.45) is 0. The van der Waals surface area contributed by atoms with Crippen LogP contribution in [0.2, 0.25) is 0 Å². The van der Waals surface area contributed by atoms with E-state index in [9.17, 15) is 0 Å². The monoisotopic (exact) mass is 648 g/mol. The van der Waals surface area contributed by atoms with Crippen molar-refractivity contribution >= 4 is 32.3 Å². The molecule has 0 nitrogen and oxygen atoms in total. The van der Waals surface area contributed by atoms with Crippen LogP contribution < -0.4 is 0 Å². The van der Waals surface area contributed by atoms with Crippen LogP contribution in [0.4, 0.5) is 0 Å². The molecule has 0 aliphatic heterocycles. The fourth-order valence-corrected chi connectivity index (χ4v) is 8.75. The van der Waals surface area contributed by atoms with Crippen LogP contribution in [0.3, 0.4) is 0 Å². The summed E-state index contributed by atoms with van der Waals surface area (Å²) in [6.45, 7) is 4.74. The topological polar surface area (TPSA) is 0 Å². The maximum atomic E-state index is 2.43. The van der Waals surface area contributed by atoms with Crippen molar-refractivity contribution in [2.75, 3.05) is 0 Å². The van der Waals surface area contributed by atoms with Gasteiger partial charge in [-0.25, -0.2) is 0 Å². The lowest BCUT2D eigenvalue weighted by molar-refractivity contribution is 0.661. The summed E-state index contributed by atoms with van der Waals surface area (Å²) in [7, 11) is 0. The highest BCUT2D eigenvalue weighted by molar-refractivity contribution is 6.21. The highest BCUT2D eigenvalue weighted by atomic mass is 14.4. The average molecular weight is 649 g/mol. The van der Waals surface area contributed by atoms with Crippen molar-refractivity contribution in [3.05, 3.63) is 193 Å². The van der Waals surface area contributed by atoms with Gasteiger partial charge in [0.05, 0.1) is 0 Å². The lowest BCUT2D eigenvalue weighted by atomic mass is 9.81. The summed E-state index contributed by atoms with van der Waals surface area (Å²) < 4.78 is 0. The van der Waals surface area contributed by atoms with E-state index in [2.05, 4.69) is 196 Å². The summed E-state index contributed by atoms with van der Waals surface area (Å²) in [6, 6.07) is 67.3. The fourth-order valence-electron chi connectivity index (χ4n) is 8.75. The molecule has 9 aromatic carbocycles. The molecule has 0 saturated carbocycles. The molecule has 0 atom stereocenters. The third-order valence-electron chi connectivity index (χ3n) is 11.3. The predicted molar refractivity (Wildman–Crippen MR) is 218 cm³/mol. The van der Waals surface area contributed by atoms with Gasteiger partial charge >= 0.3 is 0 Å². The molecule has 0 heteroatoms. The molecule has 0 heterocycles. The molecule has 0 fully saturated rings. The zero-order valence-corrected chi connectivity index (χ0v) is 28.8. The molecule has 10 rings (SSSR count). The van der Waals surface area contributed by atoms with Gasteiger partial charge in [-0.15, -0.1) is 0 Å². The van der Waals surface area contributed by atoms with Gasteiger partial charge in [-0.1, -0.05) is 184 Å². The summed E-state index contributed by atoms with van der Waals surface area (Å²) in [4.78, 5) is 0.